The predicted molar refractivity (Wildman–Crippen MR) is 251 cm³/mol. The lowest BCUT2D eigenvalue weighted by molar-refractivity contribution is -0.401. The van der Waals surface area contributed by atoms with Gasteiger partial charge in [-0.05, 0) is 20.8 Å². The van der Waals surface area contributed by atoms with E-state index in [2.05, 4.69) is 10.6 Å². The summed E-state index contributed by atoms with van der Waals surface area (Å²) in [7, 11) is 0. The maximum atomic E-state index is 13.2. The highest BCUT2D eigenvalue weighted by Crippen LogP contribution is 2.39. The fourth-order valence-electron chi connectivity index (χ4n) is 10.6. The lowest BCUT2D eigenvalue weighted by Crippen LogP contribution is -2.71. The number of ether oxygens (including phenoxy) is 13. The summed E-state index contributed by atoms with van der Waals surface area (Å²) in [6.07, 6.45) is -61.3. The van der Waals surface area contributed by atoms with E-state index in [9.17, 15) is 102 Å². The molecule has 0 aromatic rings. The van der Waals surface area contributed by atoms with Gasteiger partial charge in [-0.3, -0.25) is 9.59 Å². The molecular weight excluding hydrogens is 1110 g/mol. The normalized spacial score (nSPS) is 51.8. The Morgan fingerprint density at radius 2 is 0.630 bits per heavy atom. The van der Waals surface area contributed by atoms with Gasteiger partial charge in [0.05, 0.1) is 44.7 Å². The second-order valence-electron chi connectivity index (χ2n) is 21.0. The quantitative estimate of drug-likeness (QED) is 0.0606. The molecule has 35 nitrogen and oxygen atoms in total. The largest absolute Gasteiger partial charge is 0.394 e. The molecule has 470 valence electrons. The summed E-state index contributed by atoms with van der Waals surface area (Å²) in [4.78, 5) is 25.6. The van der Waals surface area contributed by atoms with E-state index in [1.807, 2.05) is 0 Å². The van der Waals surface area contributed by atoms with Crippen LogP contribution in [0.2, 0.25) is 0 Å². The van der Waals surface area contributed by atoms with Gasteiger partial charge in [0.1, 0.15) is 152 Å². The molecule has 7 fully saturated rings. The van der Waals surface area contributed by atoms with Crippen LogP contribution in [-0.4, -0.2) is 345 Å². The number of hydrogen-bond acceptors (Lipinski definition) is 33. The van der Waals surface area contributed by atoms with Crippen LogP contribution in [0.25, 0.3) is 0 Å². The van der Waals surface area contributed by atoms with Gasteiger partial charge in [-0.2, -0.15) is 0 Å². The first-order valence-corrected chi connectivity index (χ1v) is 26.2. The van der Waals surface area contributed by atoms with Gasteiger partial charge in [0.2, 0.25) is 11.8 Å². The van der Waals surface area contributed by atoms with Crippen molar-refractivity contribution in [3.8, 4) is 0 Å². The maximum Gasteiger partial charge on any atom is 0.217 e. The number of carbonyl (C=O) groups is 2. The molecule has 0 saturated carbocycles. The molecule has 35 atom stereocenters. The van der Waals surface area contributed by atoms with Gasteiger partial charge in [0.25, 0.3) is 0 Å². The van der Waals surface area contributed by atoms with Gasteiger partial charge in [0, 0.05) is 13.8 Å². The second-order valence-corrected chi connectivity index (χ2v) is 21.0. The van der Waals surface area contributed by atoms with Crippen molar-refractivity contribution in [2.45, 2.75) is 249 Å². The summed E-state index contributed by atoms with van der Waals surface area (Å²) < 4.78 is 77.0. The van der Waals surface area contributed by atoms with Gasteiger partial charge in [0.15, 0.2) is 44.0 Å². The minimum absolute atomic E-state index is 0.778. The Balaban J connectivity index is 1.20. The standard InChI is InChI=1S/C46H78N2O33/c1-10-21(55)25(59)30(64)42(69-10)79-37-19(47-13(4)53)40(68)72-17(8-51)35(37)77-45-33(67)29(63)34(16(7-50)75-45)76-41-20(48-14(5)54)38(80-43-31(65)26(60)22(56)11(2)70-43)36(18(9-52)74-41)78-46-39(28(62)24(58)15(6-49)73-46)81-44-32(66)27(61)23(57)12(3)71-44/h10-12,15-46,49-52,55-68H,6-9H2,1-5H3,(H,47,53)(H,48,54)/t10-,11-,12-,15+,16+,17+,18+,19+,20+,21+,22+,23+,24-,25+,26+,27+,28-,29+,30-,31-,32-,33+,34-,35+,36+,37+,38+,39+,40+,41-,42-,43-,44-,45-,46-/m0/s1. The van der Waals surface area contributed by atoms with Crippen molar-refractivity contribution in [2.24, 2.45) is 0 Å². The average molecular weight is 1190 g/mol. The Kier molecular flexibility index (Phi) is 22.9. The highest BCUT2D eigenvalue weighted by Gasteiger charge is 2.60. The number of hydrogen-bond donors (Lipinski definition) is 20. The molecule has 0 aromatic heterocycles. The van der Waals surface area contributed by atoms with E-state index in [0.29, 0.717) is 0 Å². The van der Waals surface area contributed by atoms with Crippen LogP contribution in [0.5, 0.6) is 0 Å². The number of nitrogens with one attached hydrogen (secondary N) is 2. The van der Waals surface area contributed by atoms with Gasteiger partial charge in [-0.1, -0.05) is 0 Å². The van der Waals surface area contributed by atoms with E-state index in [1.165, 1.54) is 20.8 Å². The first-order valence-electron chi connectivity index (χ1n) is 26.2. The second kappa shape index (κ2) is 28.0. The third-order valence-electron chi connectivity index (χ3n) is 15.2. The highest BCUT2D eigenvalue weighted by molar-refractivity contribution is 5.73. The van der Waals surface area contributed by atoms with Crippen LogP contribution in [0.3, 0.4) is 0 Å². The van der Waals surface area contributed by atoms with Crippen LogP contribution >= 0.6 is 0 Å². The van der Waals surface area contributed by atoms with Gasteiger partial charge >= 0.3 is 0 Å². The lowest BCUT2D eigenvalue weighted by atomic mass is 9.93. The van der Waals surface area contributed by atoms with Crippen LogP contribution in [0, 0.1) is 0 Å². The molecule has 7 rings (SSSR count). The van der Waals surface area contributed by atoms with Gasteiger partial charge in [-0.15, -0.1) is 0 Å². The first kappa shape index (κ1) is 66.2. The Morgan fingerprint density at radius 1 is 0.321 bits per heavy atom. The van der Waals surface area contributed by atoms with Gasteiger partial charge < -0.3 is 164 Å². The Bertz CT molecular complexity index is 2010. The number of aliphatic hydroxyl groups is 18. The summed E-state index contributed by atoms with van der Waals surface area (Å²) in [5, 5.41) is 201. The number of rotatable bonds is 18. The molecule has 0 spiro atoms. The van der Waals surface area contributed by atoms with Crippen LogP contribution in [0.1, 0.15) is 34.6 Å². The molecule has 0 aliphatic carbocycles. The number of aliphatic hydroxyl groups excluding tert-OH is 18. The molecule has 2 amide bonds. The smallest absolute Gasteiger partial charge is 0.217 e. The van der Waals surface area contributed by atoms with Crippen molar-refractivity contribution in [1.82, 2.24) is 10.6 Å². The molecule has 0 radical (unpaired) electrons. The molecule has 35 heteroatoms. The van der Waals surface area contributed by atoms with Crippen LogP contribution < -0.4 is 10.6 Å². The van der Waals surface area contributed by atoms with Crippen molar-refractivity contribution >= 4 is 11.8 Å². The molecule has 0 aromatic carbocycles. The zero-order valence-electron chi connectivity index (χ0n) is 44.2. The fourth-order valence-corrected chi connectivity index (χ4v) is 10.6. The third kappa shape index (κ3) is 14.1. The molecule has 0 unspecified atom stereocenters. The van der Waals surface area contributed by atoms with Crippen molar-refractivity contribution in [3.63, 3.8) is 0 Å². The average Bonchev–Trinajstić information content (AvgIpc) is 3.39. The lowest BCUT2D eigenvalue weighted by Gasteiger charge is -2.52. The van der Waals surface area contributed by atoms with Crippen LogP contribution in [0.4, 0.5) is 0 Å². The summed E-state index contributed by atoms with van der Waals surface area (Å²) in [6, 6.07) is -3.51. The number of amides is 2. The van der Waals surface area contributed by atoms with Crippen LogP contribution in [0.15, 0.2) is 0 Å². The molecule has 7 aliphatic heterocycles. The molecule has 7 heterocycles. The van der Waals surface area contributed by atoms with E-state index in [-0.39, 0.29) is 0 Å². The van der Waals surface area contributed by atoms with Crippen molar-refractivity contribution < 1.29 is 163 Å². The minimum Gasteiger partial charge on any atom is -0.394 e. The fraction of sp³-hybridized carbons (Fsp3) is 0.957. The van der Waals surface area contributed by atoms with E-state index < -0.39 is 253 Å². The van der Waals surface area contributed by atoms with Crippen molar-refractivity contribution in [2.75, 3.05) is 26.4 Å². The minimum atomic E-state index is -2.28. The molecular formula is C46H78N2O33. The molecule has 0 bridgehead atoms. The Morgan fingerprint density at radius 3 is 1.07 bits per heavy atom. The Hall–Kier alpha value is -2.30. The zero-order chi connectivity index (χ0) is 59.8. The van der Waals surface area contributed by atoms with E-state index in [0.717, 1.165) is 13.8 Å². The predicted octanol–water partition coefficient (Wildman–Crippen LogP) is -12.9. The summed E-state index contributed by atoms with van der Waals surface area (Å²) in [5.74, 6) is -1.68. The van der Waals surface area contributed by atoms with E-state index in [1.54, 1.807) is 0 Å². The SMILES string of the molecule is CC(=O)N[C@@H]1[C@@H](O[C@@H]2O[C@@H](C)[C@@H](O)[C@@H](O)[C@@H]2O)[C@H](O[C@@H]2O[C@H](CO)[C@H](O[C@@H]3O[C@H](CO)[C@@H](O[C@@H]4O[C@H](CO)[C@H](O)[C@H](O)[C@H]4O[C@@H]4O[C@@H](C)[C@@H](O)[C@@H](O)[C@@H]4O)[C@H](O[C@@H]4O[C@@H](C)[C@@H](O)[C@@H](O)[C@@H]4O)[C@H]3NC(C)=O)[C@H](O)[C@H]2O)[C@@H](CO)O[C@H]1O. The monoisotopic (exact) mass is 1190 g/mol. The van der Waals surface area contributed by atoms with Crippen molar-refractivity contribution in [3.05, 3.63) is 0 Å². The Labute approximate surface area is 460 Å². The van der Waals surface area contributed by atoms with E-state index >= 15 is 0 Å². The molecule has 20 N–H and O–H groups in total. The number of carbonyl (C=O) groups excluding carboxylic acids is 2. The van der Waals surface area contributed by atoms with E-state index in [4.69, 9.17) is 61.6 Å². The van der Waals surface area contributed by atoms with Crippen LogP contribution in [-0.2, 0) is 71.2 Å². The maximum absolute atomic E-state index is 13.2. The molecule has 81 heavy (non-hydrogen) atoms. The first-order chi connectivity index (χ1) is 38.2. The third-order valence-corrected chi connectivity index (χ3v) is 15.2. The molecule has 7 saturated heterocycles. The summed E-state index contributed by atoms with van der Waals surface area (Å²) in [6.45, 7) is 1.77. The van der Waals surface area contributed by atoms with Gasteiger partial charge in [-0.25, -0.2) is 0 Å². The van der Waals surface area contributed by atoms with Crippen molar-refractivity contribution in [1.29, 1.82) is 0 Å². The molecule has 7 aliphatic rings. The highest BCUT2D eigenvalue weighted by atomic mass is 16.8. The topological polar surface area (TPSA) is 542 Å². The zero-order valence-corrected chi connectivity index (χ0v) is 44.2. The summed E-state index contributed by atoms with van der Waals surface area (Å²) >= 11 is 0. The summed E-state index contributed by atoms with van der Waals surface area (Å²) in [5.41, 5.74) is 0.